The fourth-order valence-electron chi connectivity index (χ4n) is 1.94. The zero-order valence-corrected chi connectivity index (χ0v) is 11.0. The lowest BCUT2D eigenvalue weighted by Crippen LogP contribution is -2.13. The Bertz CT molecular complexity index is 572. The Balaban J connectivity index is 2.25. The first kappa shape index (κ1) is 13.1. The Kier molecular flexibility index (Phi) is 3.85. The smallest absolute Gasteiger partial charge is 0.254 e. The number of unbranched alkanes of at least 4 members (excludes halogenated alkanes) is 1. The Labute approximate surface area is 112 Å². The number of amides is 1. The molecule has 1 aromatic carbocycles. The van der Waals surface area contributed by atoms with Crippen molar-refractivity contribution in [1.29, 1.82) is 0 Å². The quantitative estimate of drug-likeness (QED) is 0.858. The zero-order chi connectivity index (χ0) is 13.8. The maximum Gasteiger partial charge on any atom is 0.254 e. The van der Waals surface area contributed by atoms with Gasteiger partial charge in [-0.2, -0.15) is 5.10 Å². The third kappa shape index (κ3) is 2.76. The summed E-state index contributed by atoms with van der Waals surface area (Å²) < 4.78 is 1.52. The van der Waals surface area contributed by atoms with E-state index in [4.69, 9.17) is 11.5 Å². The van der Waals surface area contributed by atoms with Gasteiger partial charge < -0.3 is 11.5 Å². The van der Waals surface area contributed by atoms with Gasteiger partial charge in [-0.1, -0.05) is 25.5 Å². The molecule has 1 aromatic heterocycles. The second-order valence-electron chi connectivity index (χ2n) is 4.49. The number of hydrogen-bond acceptors (Lipinski definition) is 3. The van der Waals surface area contributed by atoms with Crippen molar-refractivity contribution in [2.24, 2.45) is 5.73 Å². The van der Waals surface area contributed by atoms with E-state index in [1.165, 1.54) is 29.3 Å². The molecule has 2 rings (SSSR count). The number of primary amides is 1. The molecule has 1 heterocycles. The molecule has 0 saturated carbocycles. The summed E-state index contributed by atoms with van der Waals surface area (Å²) in [6.07, 6.45) is 4.81. The number of carbonyl (C=O) groups excluding carboxylic acids is 1. The van der Waals surface area contributed by atoms with Crippen molar-refractivity contribution in [3.05, 3.63) is 41.6 Å². The minimum atomic E-state index is -0.566. The number of nitrogens with two attached hydrogens (primary N) is 2. The number of aryl methyl sites for hydroxylation is 1. The van der Waals surface area contributed by atoms with Gasteiger partial charge in [0, 0.05) is 0 Å². The summed E-state index contributed by atoms with van der Waals surface area (Å²) in [5.41, 5.74) is 13.4. The monoisotopic (exact) mass is 258 g/mol. The van der Waals surface area contributed by atoms with Crippen LogP contribution in [0.4, 0.5) is 5.82 Å². The molecule has 0 spiro atoms. The Morgan fingerprint density at radius 1 is 1.32 bits per heavy atom. The molecule has 0 unspecified atom stereocenters. The second-order valence-corrected chi connectivity index (χ2v) is 4.49. The van der Waals surface area contributed by atoms with E-state index >= 15 is 0 Å². The second kappa shape index (κ2) is 5.56. The van der Waals surface area contributed by atoms with Crippen LogP contribution in [0.3, 0.4) is 0 Å². The van der Waals surface area contributed by atoms with Crippen molar-refractivity contribution in [2.75, 3.05) is 5.73 Å². The van der Waals surface area contributed by atoms with E-state index in [1.807, 2.05) is 12.1 Å². The molecule has 19 heavy (non-hydrogen) atoms. The third-order valence-corrected chi connectivity index (χ3v) is 3.07. The lowest BCUT2D eigenvalue weighted by atomic mass is 10.1. The number of benzene rings is 1. The highest BCUT2D eigenvalue weighted by Gasteiger charge is 2.12. The van der Waals surface area contributed by atoms with E-state index in [0.717, 1.165) is 12.1 Å². The molecule has 0 aliphatic carbocycles. The number of aromatic nitrogens is 2. The Hall–Kier alpha value is -2.30. The van der Waals surface area contributed by atoms with E-state index in [-0.39, 0.29) is 11.4 Å². The Morgan fingerprint density at radius 2 is 2.00 bits per heavy atom. The molecule has 0 atom stereocenters. The van der Waals surface area contributed by atoms with Crippen LogP contribution in [0.2, 0.25) is 0 Å². The van der Waals surface area contributed by atoms with Gasteiger partial charge in [-0.05, 0) is 30.5 Å². The number of rotatable bonds is 5. The first-order valence-corrected chi connectivity index (χ1v) is 6.36. The van der Waals surface area contributed by atoms with Crippen molar-refractivity contribution < 1.29 is 4.79 Å². The first-order chi connectivity index (χ1) is 9.13. The maximum absolute atomic E-state index is 11.1. The van der Waals surface area contributed by atoms with E-state index < -0.39 is 5.91 Å². The first-order valence-electron chi connectivity index (χ1n) is 6.36. The lowest BCUT2D eigenvalue weighted by molar-refractivity contribution is 0.100. The molecule has 2 aromatic rings. The van der Waals surface area contributed by atoms with Crippen LogP contribution in [0.25, 0.3) is 5.69 Å². The third-order valence-electron chi connectivity index (χ3n) is 3.07. The Morgan fingerprint density at radius 3 is 2.53 bits per heavy atom. The van der Waals surface area contributed by atoms with Crippen molar-refractivity contribution in [3.63, 3.8) is 0 Å². The normalized spacial score (nSPS) is 10.6. The summed E-state index contributed by atoms with van der Waals surface area (Å²) >= 11 is 0. The zero-order valence-electron chi connectivity index (χ0n) is 11.0. The molecule has 5 nitrogen and oxygen atoms in total. The number of hydrogen-bond donors (Lipinski definition) is 2. The minimum absolute atomic E-state index is 0.245. The number of carbonyl (C=O) groups is 1. The van der Waals surface area contributed by atoms with Gasteiger partial charge in [-0.15, -0.1) is 0 Å². The minimum Gasteiger partial charge on any atom is -0.383 e. The van der Waals surface area contributed by atoms with Crippen LogP contribution in [0.1, 0.15) is 35.7 Å². The predicted octanol–water partition coefficient (Wildman–Crippen LogP) is 1.90. The molecule has 0 saturated heterocycles. The fraction of sp³-hybridized carbons (Fsp3) is 0.286. The molecule has 100 valence electrons. The molecule has 0 radical (unpaired) electrons. The molecule has 1 amide bonds. The van der Waals surface area contributed by atoms with Crippen LogP contribution in [-0.2, 0) is 6.42 Å². The average Bonchev–Trinajstić information content (AvgIpc) is 2.79. The topological polar surface area (TPSA) is 86.9 Å². The van der Waals surface area contributed by atoms with Crippen LogP contribution in [0.15, 0.2) is 30.5 Å². The lowest BCUT2D eigenvalue weighted by Gasteiger charge is -2.06. The largest absolute Gasteiger partial charge is 0.383 e. The summed E-state index contributed by atoms with van der Waals surface area (Å²) in [7, 11) is 0. The van der Waals surface area contributed by atoms with Crippen molar-refractivity contribution >= 4 is 11.7 Å². The maximum atomic E-state index is 11.1. The molecular formula is C14H18N4O. The van der Waals surface area contributed by atoms with Gasteiger partial charge in [0.25, 0.3) is 5.91 Å². The molecule has 0 aliphatic heterocycles. The van der Waals surface area contributed by atoms with Crippen LogP contribution in [-0.4, -0.2) is 15.7 Å². The van der Waals surface area contributed by atoms with Crippen molar-refractivity contribution in [3.8, 4) is 5.69 Å². The highest BCUT2D eigenvalue weighted by Crippen LogP contribution is 2.17. The average molecular weight is 258 g/mol. The summed E-state index contributed by atoms with van der Waals surface area (Å²) in [4.78, 5) is 11.1. The number of nitrogen functional groups attached to an aromatic ring is 1. The summed E-state index contributed by atoms with van der Waals surface area (Å²) in [6.45, 7) is 2.17. The van der Waals surface area contributed by atoms with E-state index in [1.54, 1.807) is 0 Å². The van der Waals surface area contributed by atoms with E-state index in [0.29, 0.717) is 0 Å². The summed E-state index contributed by atoms with van der Waals surface area (Å²) in [6, 6.07) is 7.99. The van der Waals surface area contributed by atoms with E-state index in [2.05, 4.69) is 24.2 Å². The number of nitrogens with zero attached hydrogens (tertiary/aromatic N) is 2. The van der Waals surface area contributed by atoms with Gasteiger partial charge in [-0.3, -0.25) is 4.79 Å². The van der Waals surface area contributed by atoms with Gasteiger partial charge in [0.2, 0.25) is 0 Å². The molecular weight excluding hydrogens is 240 g/mol. The van der Waals surface area contributed by atoms with Gasteiger partial charge in [0.05, 0.1) is 11.9 Å². The van der Waals surface area contributed by atoms with Gasteiger partial charge in [0.1, 0.15) is 11.4 Å². The van der Waals surface area contributed by atoms with Gasteiger partial charge in [-0.25, -0.2) is 4.68 Å². The fourth-order valence-corrected chi connectivity index (χ4v) is 1.94. The summed E-state index contributed by atoms with van der Waals surface area (Å²) in [5, 5.41) is 4.09. The molecule has 5 heteroatoms. The van der Waals surface area contributed by atoms with Crippen LogP contribution in [0, 0.1) is 0 Å². The highest BCUT2D eigenvalue weighted by molar-refractivity contribution is 5.97. The standard InChI is InChI=1S/C14H18N4O/c1-2-3-4-10-5-7-11(8-6-10)18-13(15)12(9-17-18)14(16)19/h5-9H,2-4,15H2,1H3,(H2,16,19). The summed E-state index contributed by atoms with van der Waals surface area (Å²) in [5.74, 6) is -0.294. The molecule has 0 aliphatic rings. The molecule has 0 fully saturated rings. The van der Waals surface area contributed by atoms with Crippen LogP contribution < -0.4 is 11.5 Å². The predicted molar refractivity (Wildman–Crippen MR) is 75.1 cm³/mol. The van der Waals surface area contributed by atoms with Crippen molar-refractivity contribution in [1.82, 2.24) is 9.78 Å². The SMILES string of the molecule is CCCCc1ccc(-n2ncc(C(N)=O)c2N)cc1. The molecule has 4 N–H and O–H groups in total. The number of anilines is 1. The van der Waals surface area contributed by atoms with E-state index in [9.17, 15) is 4.79 Å². The highest BCUT2D eigenvalue weighted by atomic mass is 16.1. The van der Waals surface area contributed by atoms with Gasteiger partial charge in [0.15, 0.2) is 0 Å². The van der Waals surface area contributed by atoms with Gasteiger partial charge >= 0.3 is 0 Å². The van der Waals surface area contributed by atoms with Crippen LogP contribution in [0.5, 0.6) is 0 Å². The molecule has 0 bridgehead atoms. The van der Waals surface area contributed by atoms with Crippen molar-refractivity contribution in [2.45, 2.75) is 26.2 Å². The van der Waals surface area contributed by atoms with Crippen LogP contribution >= 0.6 is 0 Å².